The average Bonchev–Trinajstić information content (AvgIpc) is 2.95. The fraction of sp³-hybridized carbons (Fsp3) is 0.519. The van der Waals surface area contributed by atoms with Crippen molar-refractivity contribution in [1.29, 1.82) is 0 Å². The number of hydrogen-bond acceptors (Lipinski definition) is 3. The summed E-state index contributed by atoms with van der Waals surface area (Å²) in [4.78, 5) is 13.3. The lowest BCUT2D eigenvalue weighted by Crippen LogP contribution is -2.41. The topological polar surface area (TPSA) is 35.5 Å². The minimum Gasteiger partial charge on any atom is -0.399 e. The van der Waals surface area contributed by atoms with E-state index in [9.17, 15) is 9.18 Å². The van der Waals surface area contributed by atoms with E-state index in [1.807, 2.05) is 39.8 Å². The molecule has 5 heteroatoms. The Bertz CT molecular complexity index is 934. The van der Waals surface area contributed by atoms with Crippen molar-refractivity contribution in [2.24, 2.45) is 11.8 Å². The van der Waals surface area contributed by atoms with Crippen molar-refractivity contribution in [2.45, 2.75) is 78.9 Å². The van der Waals surface area contributed by atoms with Crippen LogP contribution in [0.3, 0.4) is 0 Å². The number of ketones is 1. The molecule has 32 heavy (non-hydrogen) atoms. The Labute approximate surface area is 192 Å². The fourth-order valence-corrected chi connectivity index (χ4v) is 4.26. The van der Waals surface area contributed by atoms with Gasteiger partial charge in [-0.3, -0.25) is 4.79 Å². The Morgan fingerprint density at radius 3 is 2.12 bits per heavy atom. The summed E-state index contributed by atoms with van der Waals surface area (Å²) in [6, 6.07) is 11.6. The highest BCUT2D eigenvalue weighted by Gasteiger charge is 2.52. The third-order valence-electron chi connectivity index (χ3n) is 7.25. The Morgan fingerprint density at radius 1 is 1.00 bits per heavy atom. The van der Waals surface area contributed by atoms with Crippen molar-refractivity contribution in [3.63, 3.8) is 0 Å². The van der Waals surface area contributed by atoms with Gasteiger partial charge in [0, 0.05) is 11.1 Å². The van der Waals surface area contributed by atoms with Gasteiger partial charge in [-0.05, 0) is 87.7 Å². The summed E-state index contributed by atoms with van der Waals surface area (Å²) >= 11 is 0. The van der Waals surface area contributed by atoms with Gasteiger partial charge < -0.3 is 9.31 Å². The molecule has 0 radical (unpaired) electrons. The van der Waals surface area contributed by atoms with Crippen LogP contribution in [0.5, 0.6) is 0 Å². The minimum atomic E-state index is -0.633. The van der Waals surface area contributed by atoms with E-state index in [1.165, 1.54) is 29.8 Å². The van der Waals surface area contributed by atoms with Crippen LogP contribution in [0.1, 0.15) is 82.8 Å². The van der Waals surface area contributed by atoms with Gasteiger partial charge in [-0.25, -0.2) is 4.39 Å². The average molecular weight is 438 g/mol. The van der Waals surface area contributed by atoms with Crippen LogP contribution in [-0.4, -0.2) is 24.1 Å². The number of hydrogen-bond donors (Lipinski definition) is 0. The van der Waals surface area contributed by atoms with Gasteiger partial charge in [-0.2, -0.15) is 0 Å². The Balaban J connectivity index is 1.97. The molecular formula is C27H36BFO3. The van der Waals surface area contributed by atoms with Gasteiger partial charge >= 0.3 is 7.12 Å². The lowest BCUT2D eigenvalue weighted by atomic mass is 9.73. The molecule has 1 heterocycles. The van der Waals surface area contributed by atoms with Crippen LogP contribution < -0.4 is 5.46 Å². The molecule has 0 saturated carbocycles. The number of carbonyl (C=O) groups excluding carboxylic acids is 1. The van der Waals surface area contributed by atoms with Crippen molar-refractivity contribution in [3.8, 4) is 0 Å². The summed E-state index contributed by atoms with van der Waals surface area (Å²) in [6.45, 7) is 14.8. The first-order chi connectivity index (χ1) is 14.9. The van der Waals surface area contributed by atoms with Crippen LogP contribution in [0.15, 0.2) is 42.5 Å². The van der Waals surface area contributed by atoms with E-state index in [2.05, 4.69) is 26.8 Å². The van der Waals surface area contributed by atoms with Crippen molar-refractivity contribution in [2.75, 3.05) is 0 Å². The van der Waals surface area contributed by atoms with E-state index in [0.29, 0.717) is 23.0 Å². The van der Waals surface area contributed by atoms with E-state index in [0.717, 1.165) is 24.7 Å². The van der Waals surface area contributed by atoms with Crippen LogP contribution in [0.25, 0.3) is 0 Å². The summed E-state index contributed by atoms with van der Waals surface area (Å²) < 4.78 is 26.0. The maximum Gasteiger partial charge on any atom is 0.495 e. The molecule has 1 saturated heterocycles. The van der Waals surface area contributed by atoms with Crippen LogP contribution in [0.2, 0.25) is 0 Å². The first-order valence-electron chi connectivity index (χ1n) is 11.7. The maximum absolute atomic E-state index is 13.4. The van der Waals surface area contributed by atoms with E-state index in [4.69, 9.17) is 9.31 Å². The predicted molar refractivity (Wildman–Crippen MR) is 129 cm³/mol. The van der Waals surface area contributed by atoms with Crippen LogP contribution >= 0.6 is 0 Å². The molecule has 0 amide bonds. The summed E-state index contributed by atoms with van der Waals surface area (Å²) in [7, 11) is -0.633. The smallest absolute Gasteiger partial charge is 0.399 e. The summed E-state index contributed by atoms with van der Waals surface area (Å²) in [5, 5.41) is 0. The second-order valence-corrected chi connectivity index (χ2v) is 10.3. The highest BCUT2D eigenvalue weighted by molar-refractivity contribution is 6.64. The van der Waals surface area contributed by atoms with Crippen LogP contribution in [-0.2, 0) is 15.7 Å². The third-order valence-corrected chi connectivity index (χ3v) is 7.25. The van der Waals surface area contributed by atoms with Crippen molar-refractivity contribution < 1.29 is 18.5 Å². The second-order valence-electron chi connectivity index (χ2n) is 10.3. The van der Waals surface area contributed by atoms with Gasteiger partial charge in [0.2, 0.25) is 0 Å². The zero-order valence-corrected chi connectivity index (χ0v) is 20.5. The maximum atomic E-state index is 13.4. The molecule has 0 bridgehead atoms. The SMILES string of the molecule is CCC(CCc1ccc(C(=O)c2ccc(F)cc2)c(B2OC(C)(C)C(C)(C)O2)c1)C(C)C. The third kappa shape index (κ3) is 5.15. The standard InChI is InChI=1S/C27H36BFO3/c1-8-20(18(2)3)11-9-19-10-16-23(25(30)21-12-14-22(29)15-13-21)24(17-19)28-31-26(4,5)27(6,7)32-28/h10,12-18,20H,8-9,11H2,1-7H3. The van der Waals surface area contributed by atoms with Crippen LogP contribution in [0.4, 0.5) is 4.39 Å². The van der Waals surface area contributed by atoms with Crippen molar-refractivity contribution >= 4 is 18.4 Å². The van der Waals surface area contributed by atoms with Crippen molar-refractivity contribution in [1.82, 2.24) is 0 Å². The number of rotatable bonds is 8. The monoisotopic (exact) mass is 438 g/mol. The molecule has 1 fully saturated rings. The molecule has 0 aliphatic carbocycles. The molecule has 0 spiro atoms. The minimum absolute atomic E-state index is 0.158. The molecule has 2 aromatic carbocycles. The highest BCUT2D eigenvalue weighted by atomic mass is 19.1. The highest BCUT2D eigenvalue weighted by Crippen LogP contribution is 2.37. The summed E-state index contributed by atoms with van der Waals surface area (Å²) in [5.41, 5.74) is 1.89. The fourth-order valence-electron chi connectivity index (χ4n) is 4.26. The first-order valence-corrected chi connectivity index (χ1v) is 11.7. The van der Waals surface area contributed by atoms with E-state index in [1.54, 1.807) is 0 Å². The lowest BCUT2D eigenvalue weighted by molar-refractivity contribution is 0.00578. The molecule has 1 aliphatic rings. The van der Waals surface area contributed by atoms with Gasteiger partial charge in [0.25, 0.3) is 0 Å². The molecule has 1 atom stereocenters. The Hall–Kier alpha value is -1.98. The first kappa shape index (κ1) is 24.7. The second kappa shape index (κ2) is 9.48. The predicted octanol–water partition coefficient (Wildman–Crippen LogP) is 5.97. The number of halogens is 1. The van der Waals surface area contributed by atoms with Gasteiger partial charge in [0.05, 0.1) is 11.2 Å². The molecule has 2 aromatic rings. The Morgan fingerprint density at radius 2 is 1.59 bits per heavy atom. The number of carbonyl (C=O) groups is 1. The Kier molecular flexibility index (Phi) is 7.31. The molecule has 3 nitrogen and oxygen atoms in total. The molecule has 1 aliphatic heterocycles. The van der Waals surface area contributed by atoms with Gasteiger partial charge in [0.1, 0.15) is 5.82 Å². The van der Waals surface area contributed by atoms with E-state index in [-0.39, 0.29) is 11.6 Å². The van der Waals surface area contributed by atoms with Gasteiger partial charge in [-0.1, -0.05) is 45.4 Å². The largest absolute Gasteiger partial charge is 0.495 e. The molecule has 0 N–H and O–H groups in total. The van der Waals surface area contributed by atoms with E-state index < -0.39 is 18.3 Å². The zero-order chi connectivity index (χ0) is 23.7. The summed E-state index contributed by atoms with van der Waals surface area (Å²) in [5.74, 6) is 0.784. The lowest BCUT2D eigenvalue weighted by Gasteiger charge is -2.32. The molecule has 0 aromatic heterocycles. The number of aryl methyl sites for hydroxylation is 1. The number of benzene rings is 2. The van der Waals surface area contributed by atoms with Crippen LogP contribution in [0, 0.1) is 17.7 Å². The van der Waals surface area contributed by atoms with Crippen molar-refractivity contribution in [3.05, 3.63) is 65.0 Å². The van der Waals surface area contributed by atoms with E-state index >= 15 is 0 Å². The molecular weight excluding hydrogens is 402 g/mol. The van der Waals surface area contributed by atoms with Gasteiger partial charge in [0.15, 0.2) is 5.78 Å². The molecule has 1 unspecified atom stereocenters. The quantitative estimate of drug-likeness (QED) is 0.376. The normalized spacial score (nSPS) is 18.2. The zero-order valence-electron chi connectivity index (χ0n) is 20.5. The van der Waals surface area contributed by atoms with Gasteiger partial charge in [-0.15, -0.1) is 0 Å². The molecule has 3 rings (SSSR count). The summed E-state index contributed by atoms with van der Waals surface area (Å²) in [6.07, 6.45) is 3.19. The molecule has 172 valence electrons.